The zero-order valence-electron chi connectivity index (χ0n) is 9.94. The molecule has 4 atom stereocenters. The molecule has 0 aromatic heterocycles. The van der Waals surface area contributed by atoms with Gasteiger partial charge in [0.15, 0.2) is 0 Å². The fraction of sp³-hybridized carbons (Fsp3) is 0.857. The third kappa shape index (κ3) is 2.18. The molecule has 3 aliphatic rings. The van der Waals surface area contributed by atoms with Gasteiger partial charge in [0, 0.05) is 12.6 Å². The Bertz CT molecular complexity index is 272. The van der Waals surface area contributed by atoms with E-state index in [1.807, 2.05) is 0 Å². The molecule has 16 heavy (non-hydrogen) atoms. The highest BCUT2D eigenvalue weighted by molar-refractivity contribution is 5.10. The third-order valence-electron chi connectivity index (χ3n) is 4.69. The first-order valence-corrected chi connectivity index (χ1v) is 6.89. The van der Waals surface area contributed by atoms with Gasteiger partial charge in [0.2, 0.25) is 0 Å². The van der Waals surface area contributed by atoms with E-state index in [9.17, 15) is 0 Å². The van der Waals surface area contributed by atoms with Crippen LogP contribution in [0.5, 0.6) is 0 Å². The van der Waals surface area contributed by atoms with E-state index in [1.165, 1.54) is 32.2 Å². The van der Waals surface area contributed by atoms with Gasteiger partial charge in [-0.15, -0.1) is 0 Å². The predicted octanol–water partition coefficient (Wildman–Crippen LogP) is 1.95. The molecule has 3 aliphatic carbocycles. The number of hydrogen-bond acceptors (Lipinski definition) is 2. The number of fused-ring (bicyclic) bond motifs is 2. The molecule has 0 saturated heterocycles. The van der Waals surface area contributed by atoms with Crippen molar-refractivity contribution in [3.63, 3.8) is 0 Å². The van der Waals surface area contributed by atoms with Gasteiger partial charge in [-0.25, -0.2) is 0 Å². The first-order chi connectivity index (χ1) is 7.86. The van der Waals surface area contributed by atoms with E-state index in [4.69, 9.17) is 5.11 Å². The first kappa shape index (κ1) is 10.8. The minimum atomic E-state index is 0.338. The van der Waals surface area contributed by atoms with E-state index in [0.717, 1.165) is 30.1 Å². The molecular formula is C14H23NO. The molecule has 3 rings (SSSR count). The number of rotatable bonds is 6. The summed E-state index contributed by atoms with van der Waals surface area (Å²) in [7, 11) is 0. The summed E-state index contributed by atoms with van der Waals surface area (Å²) in [5, 5.41) is 12.8. The van der Waals surface area contributed by atoms with Gasteiger partial charge in [-0.3, -0.25) is 0 Å². The van der Waals surface area contributed by atoms with Crippen LogP contribution >= 0.6 is 0 Å². The topological polar surface area (TPSA) is 32.3 Å². The number of allylic oxidation sites excluding steroid dienone is 2. The van der Waals surface area contributed by atoms with Gasteiger partial charge in [0.25, 0.3) is 0 Å². The van der Waals surface area contributed by atoms with Gasteiger partial charge in [-0.2, -0.15) is 0 Å². The van der Waals surface area contributed by atoms with Crippen LogP contribution in [0.25, 0.3) is 0 Å². The molecule has 2 nitrogen and oxygen atoms in total. The normalized spacial score (nSPS) is 38.2. The number of aliphatic hydroxyl groups excluding tert-OH is 1. The first-order valence-electron chi connectivity index (χ1n) is 6.89. The smallest absolute Gasteiger partial charge is 0.0445 e. The lowest BCUT2D eigenvalue weighted by Gasteiger charge is -2.23. The van der Waals surface area contributed by atoms with Gasteiger partial charge in [-0.1, -0.05) is 12.2 Å². The molecule has 0 spiro atoms. The average Bonchev–Trinajstić information content (AvgIpc) is 2.93. The van der Waals surface area contributed by atoms with Crippen LogP contribution in [-0.2, 0) is 0 Å². The van der Waals surface area contributed by atoms with Crippen LogP contribution in [0.3, 0.4) is 0 Å². The lowest BCUT2D eigenvalue weighted by Crippen LogP contribution is -2.36. The maximum Gasteiger partial charge on any atom is 0.0445 e. The zero-order chi connectivity index (χ0) is 11.0. The standard InChI is InChI=1S/C14H23NO/c16-6-5-14(11-3-4-11)15-9-13-8-10-1-2-12(13)7-10/h1-2,10-16H,3-9H2/t10-,12-,13-,14-/m0/s1. The molecule has 0 aromatic rings. The quantitative estimate of drug-likeness (QED) is 0.672. The van der Waals surface area contributed by atoms with Crippen molar-refractivity contribution in [3.05, 3.63) is 12.2 Å². The lowest BCUT2D eigenvalue weighted by atomic mass is 9.93. The SMILES string of the molecule is OCC[C@H](NC[C@@H]1C[C@H]2C=C[C@H]1C2)C1CC1. The maximum absolute atomic E-state index is 9.06. The van der Waals surface area contributed by atoms with Crippen molar-refractivity contribution in [3.8, 4) is 0 Å². The van der Waals surface area contributed by atoms with Crippen molar-refractivity contribution in [2.45, 2.75) is 38.1 Å². The Morgan fingerprint density at radius 3 is 2.69 bits per heavy atom. The minimum Gasteiger partial charge on any atom is -0.396 e. The minimum absolute atomic E-state index is 0.338. The molecule has 2 saturated carbocycles. The highest BCUT2D eigenvalue weighted by Crippen LogP contribution is 2.43. The number of aliphatic hydroxyl groups is 1. The summed E-state index contributed by atoms with van der Waals surface area (Å²) in [6.45, 7) is 1.51. The van der Waals surface area contributed by atoms with Crippen molar-refractivity contribution >= 4 is 0 Å². The zero-order valence-corrected chi connectivity index (χ0v) is 9.94. The van der Waals surface area contributed by atoms with Gasteiger partial charge < -0.3 is 10.4 Å². The predicted molar refractivity (Wildman–Crippen MR) is 65.1 cm³/mol. The van der Waals surface area contributed by atoms with Gasteiger partial charge in [0.1, 0.15) is 0 Å². The van der Waals surface area contributed by atoms with Crippen LogP contribution in [0, 0.1) is 23.7 Å². The van der Waals surface area contributed by atoms with E-state index in [-0.39, 0.29) is 0 Å². The lowest BCUT2D eigenvalue weighted by molar-refractivity contribution is 0.249. The highest BCUT2D eigenvalue weighted by Gasteiger charge is 2.37. The van der Waals surface area contributed by atoms with Crippen LogP contribution in [0.1, 0.15) is 32.1 Å². The fourth-order valence-corrected chi connectivity index (χ4v) is 3.57. The largest absolute Gasteiger partial charge is 0.396 e. The Morgan fingerprint density at radius 1 is 1.25 bits per heavy atom. The van der Waals surface area contributed by atoms with E-state index in [2.05, 4.69) is 17.5 Å². The van der Waals surface area contributed by atoms with Crippen LogP contribution in [0.4, 0.5) is 0 Å². The second-order valence-electron chi connectivity index (χ2n) is 5.90. The van der Waals surface area contributed by atoms with E-state index in [1.54, 1.807) is 0 Å². The summed E-state index contributed by atoms with van der Waals surface area (Å²) in [6, 6.07) is 0.591. The van der Waals surface area contributed by atoms with Gasteiger partial charge in [-0.05, 0) is 62.3 Å². The fourth-order valence-electron chi connectivity index (χ4n) is 3.57. The average molecular weight is 221 g/mol. The summed E-state index contributed by atoms with van der Waals surface area (Å²) in [6.07, 6.45) is 11.3. The van der Waals surface area contributed by atoms with Crippen LogP contribution in [-0.4, -0.2) is 24.3 Å². The van der Waals surface area contributed by atoms with Crippen LogP contribution in [0.2, 0.25) is 0 Å². The molecule has 90 valence electrons. The van der Waals surface area contributed by atoms with Crippen LogP contribution < -0.4 is 5.32 Å². The Hall–Kier alpha value is -0.340. The maximum atomic E-state index is 9.06. The molecule has 0 aromatic carbocycles. The van der Waals surface area contributed by atoms with E-state index in [0.29, 0.717) is 12.6 Å². The molecule has 2 N–H and O–H groups in total. The van der Waals surface area contributed by atoms with Gasteiger partial charge in [0.05, 0.1) is 0 Å². The van der Waals surface area contributed by atoms with Crippen molar-refractivity contribution < 1.29 is 5.11 Å². The number of hydrogen-bond donors (Lipinski definition) is 2. The van der Waals surface area contributed by atoms with Crippen molar-refractivity contribution in [1.82, 2.24) is 5.32 Å². The Kier molecular flexibility index (Phi) is 3.03. The summed E-state index contributed by atoms with van der Waals surface area (Å²) in [4.78, 5) is 0. The van der Waals surface area contributed by atoms with E-state index < -0.39 is 0 Å². The Balaban J connectivity index is 1.46. The van der Waals surface area contributed by atoms with E-state index >= 15 is 0 Å². The molecule has 0 heterocycles. The monoisotopic (exact) mass is 221 g/mol. The third-order valence-corrected chi connectivity index (χ3v) is 4.69. The van der Waals surface area contributed by atoms with Crippen molar-refractivity contribution in [2.75, 3.05) is 13.2 Å². The highest BCUT2D eigenvalue weighted by atomic mass is 16.3. The summed E-state index contributed by atoms with van der Waals surface area (Å²) in [5.74, 6) is 3.47. The summed E-state index contributed by atoms with van der Waals surface area (Å²) < 4.78 is 0. The Labute approximate surface area is 98.1 Å². The molecular weight excluding hydrogens is 198 g/mol. The second-order valence-corrected chi connectivity index (χ2v) is 5.90. The van der Waals surface area contributed by atoms with Crippen molar-refractivity contribution in [2.24, 2.45) is 23.7 Å². The molecule has 0 amide bonds. The Morgan fingerprint density at radius 2 is 2.12 bits per heavy atom. The molecule has 2 heteroatoms. The molecule has 0 radical (unpaired) electrons. The molecule has 0 unspecified atom stereocenters. The van der Waals surface area contributed by atoms with Crippen molar-refractivity contribution in [1.29, 1.82) is 0 Å². The molecule has 0 aliphatic heterocycles. The molecule has 2 bridgehead atoms. The summed E-state index contributed by atoms with van der Waals surface area (Å²) >= 11 is 0. The van der Waals surface area contributed by atoms with Crippen LogP contribution in [0.15, 0.2) is 12.2 Å². The van der Waals surface area contributed by atoms with Gasteiger partial charge >= 0.3 is 0 Å². The number of nitrogens with one attached hydrogen (secondary N) is 1. The molecule has 2 fully saturated rings. The summed E-state index contributed by atoms with van der Waals surface area (Å²) in [5.41, 5.74) is 0. The second kappa shape index (κ2) is 4.50.